The van der Waals surface area contributed by atoms with Crippen LogP contribution in [0.4, 0.5) is 0 Å². The van der Waals surface area contributed by atoms with E-state index >= 15 is 0 Å². The predicted molar refractivity (Wildman–Crippen MR) is 81.9 cm³/mol. The van der Waals surface area contributed by atoms with E-state index in [2.05, 4.69) is 15.5 Å². The van der Waals surface area contributed by atoms with Crippen molar-refractivity contribution >= 4 is 5.91 Å². The van der Waals surface area contributed by atoms with E-state index in [0.29, 0.717) is 24.1 Å². The number of benzene rings is 1. The number of amides is 1. The van der Waals surface area contributed by atoms with E-state index in [1.807, 2.05) is 44.2 Å². The largest absolute Gasteiger partial charge is 0.388 e. The van der Waals surface area contributed by atoms with E-state index in [0.717, 1.165) is 5.56 Å². The topological polar surface area (TPSA) is 78.0 Å². The normalized spacial score (nSPS) is 11.4. The van der Waals surface area contributed by atoms with E-state index in [9.17, 15) is 9.90 Å². The smallest absolute Gasteiger partial charge is 0.255 e. The van der Waals surface area contributed by atoms with Gasteiger partial charge < -0.3 is 10.4 Å². The Labute approximate surface area is 124 Å². The van der Waals surface area contributed by atoms with Crippen molar-refractivity contribution in [2.75, 3.05) is 6.54 Å². The first-order chi connectivity index (χ1) is 10.1. The van der Waals surface area contributed by atoms with Gasteiger partial charge in [-0.05, 0) is 12.8 Å². The molecule has 1 heterocycles. The molecule has 0 aliphatic heterocycles. The Bertz CT molecular complexity index is 589. The molecule has 0 radical (unpaired) electrons. The standard InChI is InChI=1S/C16H21N3O2/c1-3-16(21,4-2)11-17-15(20)13-10-18-19-14(13)12-8-6-5-7-9-12/h5-10,21H,3-4,11H2,1-2H3,(H,17,20)(H,18,19). The van der Waals surface area contributed by atoms with Crippen LogP contribution in [-0.4, -0.2) is 33.4 Å². The van der Waals surface area contributed by atoms with E-state index in [1.165, 1.54) is 6.20 Å². The van der Waals surface area contributed by atoms with E-state index < -0.39 is 5.60 Å². The average molecular weight is 287 g/mol. The minimum absolute atomic E-state index is 0.233. The van der Waals surface area contributed by atoms with Crippen LogP contribution < -0.4 is 5.32 Å². The molecule has 0 unspecified atom stereocenters. The Morgan fingerprint density at radius 3 is 2.57 bits per heavy atom. The van der Waals surface area contributed by atoms with Crippen molar-refractivity contribution in [3.05, 3.63) is 42.1 Å². The van der Waals surface area contributed by atoms with Gasteiger partial charge in [-0.15, -0.1) is 0 Å². The SMILES string of the molecule is CCC(O)(CC)CNC(=O)c1cn[nH]c1-c1ccccc1. The number of aromatic nitrogens is 2. The van der Waals surface area contributed by atoms with Crippen molar-refractivity contribution in [2.45, 2.75) is 32.3 Å². The summed E-state index contributed by atoms with van der Waals surface area (Å²) < 4.78 is 0. The van der Waals surface area contributed by atoms with Crippen molar-refractivity contribution in [1.82, 2.24) is 15.5 Å². The molecule has 0 saturated heterocycles. The third-order valence-corrected chi connectivity index (χ3v) is 3.84. The van der Waals surface area contributed by atoms with Crippen LogP contribution in [0, 0.1) is 0 Å². The number of nitrogens with zero attached hydrogens (tertiary/aromatic N) is 1. The van der Waals surface area contributed by atoms with Crippen molar-refractivity contribution < 1.29 is 9.90 Å². The summed E-state index contributed by atoms with van der Waals surface area (Å²) in [6, 6.07) is 9.56. The van der Waals surface area contributed by atoms with Crippen molar-refractivity contribution in [1.29, 1.82) is 0 Å². The highest BCUT2D eigenvalue weighted by Crippen LogP contribution is 2.21. The van der Waals surface area contributed by atoms with E-state index in [4.69, 9.17) is 0 Å². The third kappa shape index (κ3) is 3.49. The first kappa shape index (κ1) is 15.3. The highest BCUT2D eigenvalue weighted by Gasteiger charge is 2.24. The summed E-state index contributed by atoms with van der Waals surface area (Å²) in [5, 5.41) is 19.8. The van der Waals surface area contributed by atoms with Gasteiger partial charge in [0.1, 0.15) is 0 Å². The summed E-state index contributed by atoms with van der Waals surface area (Å²) in [5.41, 5.74) is 1.22. The summed E-state index contributed by atoms with van der Waals surface area (Å²) in [4.78, 5) is 12.3. The lowest BCUT2D eigenvalue weighted by Gasteiger charge is -2.25. The Morgan fingerprint density at radius 2 is 1.95 bits per heavy atom. The maximum Gasteiger partial charge on any atom is 0.255 e. The van der Waals surface area contributed by atoms with Crippen LogP contribution >= 0.6 is 0 Å². The molecule has 0 aliphatic rings. The van der Waals surface area contributed by atoms with Gasteiger partial charge in [-0.2, -0.15) is 5.10 Å². The second-order valence-electron chi connectivity index (χ2n) is 5.14. The van der Waals surface area contributed by atoms with Gasteiger partial charge in [-0.3, -0.25) is 9.89 Å². The molecule has 0 saturated carbocycles. The first-order valence-electron chi connectivity index (χ1n) is 7.19. The second-order valence-corrected chi connectivity index (χ2v) is 5.14. The molecule has 1 aromatic heterocycles. The molecule has 1 amide bonds. The molecule has 0 spiro atoms. The van der Waals surface area contributed by atoms with Crippen molar-refractivity contribution in [3.8, 4) is 11.3 Å². The van der Waals surface area contributed by atoms with Crippen LogP contribution in [0.5, 0.6) is 0 Å². The van der Waals surface area contributed by atoms with Crippen LogP contribution in [0.1, 0.15) is 37.0 Å². The number of carbonyl (C=O) groups excluding carboxylic acids is 1. The molecule has 0 fully saturated rings. The number of aliphatic hydroxyl groups is 1. The fraction of sp³-hybridized carbons (Fsp3) is 0.375. The van der Waals surface area contributed by atoms with Crippen LogP contribution in [0.25, 0.3) is 11.3 Å². The van der Waals surface area contributed by atoms with E-state index in [1.54, 1.807) is 0 Å². The fourth-order valence-electron chi connectivity index (χ4n) is 2.12. The number of hydrogen-bond acceptors (Lipinski definition) is 3. The number of aromatic amines is 1. The molecule has 2 aromatic rings. The highest BCUT2D eigenvalue weighted by atomic mass is 16.3. The minimum atomic E-state index is -0.855. The maximum atomic E-state index is 12.3. The lowest BCUT2D eigenvalue weighted by atomic mass is 9.97. The summed E-state index contributed by atoms with van der Waals surface area (Å²) in [6.07, 6.45) is 2.70. The van der Waals surface area contributed by atoms with Crippen LogP contribution in [0.3, 0.4) is 0 Å². The van der Waals surface area contributed by atoms with Gasteiger partial charge in [0.15, 0.2) is 0 Å². The molecule has 21 heavy (non-hydrogen) atoms. The first-order valence-corrected chi connectivity index (χ1v) is 7.19. The molecular weight excluding hydrogens is 266 g/mol. The van der Waals surface area contributed by atoms with Crippen molar-refractivity contribution in [2.24, 2.45) is 0 Å². The molecule has 1 aromatic carbocycles. The summed E-state index contributed by atoms with van der Waals surface area (Å²) >= 11 is 0. The quantitative estimate of drug-likeness (QED) is 0.763. The third-order valence-electron chi connectivity index (χ3n) is 3.84. The molecule has 5 heteroatoms. The van der Waals surface area contributed by atoms with Crippen LogP contribution in [0.15, 0.2) is 36.5 Å². The summed E-state index contributed by atoms with van der Waals surface area (Å²) in [5.74, 6) is -0.233. The maximum absolute atomic E-state index is 12.3. The number of carbonyl (C=O) groups is 1. The molecule has 0 bridgehead atoms. The van der Waals surface area contributed by atoms with Gasteiger partial charge >= 0.3 is 0 Å². The molecule has 5 nitrogen and oxygen atoms in total. The van der Waals surface area contributed by atoms with Crippen LogP contribution in [-0.2, 0) is 0 Å². The van der Waals surface area contributed by atoms with Gasteiger partial charge in [0.2, 0.25) is 0 Å². The summed E-state index contributed by atoms with van der Waals surface area (Å²) in [7, 11) is 0. The van der Waals surface area contributed by atoms with Crippen molar-refractivity contribution in [3.63, 3.8) is 0 Å². The number of nitrogens with one attached hydrogen (secondary N) is 2. The minimum Gasteiger partial charge on any atom is -0.388 e. The molecule has 112 valence electrons. The Morgan fingerprint density at radius 1 is 1.29 bits per heavy atom. The molecular formula is C16H21N3O2. The molecule has 2 rings (SSSR count). The zero-order valence-corrected chi connectivity index (χ0v) is 12.4. The number of hydrogen-bond donors (Lipinski definition) is 3. The number of H-pyrrole nitrogens is 1. The van der Waals surface area contributed by atoms with Gasteiger partial charge in [0.05, 0.1) is 23.1 Å². The zero-order valence-electron chi connectivity index (χ0n) is 12.4. The van der Waals surface area contributed by atoms with Gasteiger partial charge in [0, 0.05) is 12.1 Å². The molecule has 0 atom stereocenters. The molecule has 3 N–H and O–H groups in total. The van der Waals surface area contributed by atoms with E-state index in [-0.39, 0.29) is 12.5 Å². The Hall–Kier alpha value is -2.14. The lowest BCUT2D eigenvalue weighted by molar-refractivity contribution is 0.0314. The average Bonchev–Trinajstić information content (AvgIpc) is 3.03. The van der Waals surface area contributed by atoms with Gasteiger partial charge in [0.25, 0.3) is 5.91 Å². The zero-order chi connectivity index (χ0) is 15.3. The number of rotatable bonds is 6. The highest BCUT2D eigenvalue weighted by molar-refractivity contribution is 5.99. The molecule has 0 aliphatic carbocycles. The van der Waals surface area contributed by atoms with Gasteiger partial charge in [-0.1, -0.05) is 44.2 Å². The summed E-state index contributed by atoms with van der Waals surface area (Å²) in [6.45, 7) is 4.05. The lowest BCUT2D eigenvalue weighted by Crippen LogP contribution is -2.42. The van der Waals surface area contributed by atoms with Gasteiger partial charge in [-0.25, -0.2) is 0 Å². The Kier molecular flexibility index (Phi) is 4.75. The predicted octanol–water partition coefficient (Wildman–Crippen LogP) is 2.36. The monoisotopic (exact) mass is 287 g/mol. The van der Waals surface area contributed by atoms with Crippen LogP contribution in [0.2, 0.25) is 0 Å². The Balaban J connectivity index is 2.13. The fourth-order valence-corrected chi connectivity index (χ4v) is 2.12. The second kappa shape index (κ2) is 6.54.